The van der Waals surface area contributed by atoms with Crippen LogP contribution in [0.25, 0.3) is 0 Å². The number of benzene rings is 2. The van der Waals surface area contributed by atoms with Crippen molar-refractivity contribution >= 4 is 23.0 Å². The Morgan fingerprint density at radius 3 is 2.17 bits per heavy atom. The molecule has 0 bridgehead atoms. The summed E-state index contributed by atoms with van der Waals surface area (Å²) in [5.41, 5.74) is 7.77. The molecule has 0 radical (unpaired) electrons. The Kier molecular flexibility index (Phi) is 6.10. The first kappa shape index (κ1) is 19.1. The van der Waals surface area contributed by atoms with Crippen LogP contribution < -0.4 is 21.1 Å². The maximum absolute atomic E-state index is 6.34. The van der Waals surface area contributed by atoms with Crippen LogP contribution in [0.3, 0.4) is 0 Å². The van der Waals surface area contributed by atoms with Crippen molar-refractivity contribution in [2.75, 3.05) is 16.4 Å². The highest BCUT2D eigenvalue weighted by Gasteiger charge is 2.15. The highest BCUT2D eigenvalue weighted by atomic mass is 16.5. The molecule has 1 aliphatic carbocycles. The van der Waals surface area contributed by atoms with E-state index in [-0.39, 0.29) is 0 Å². The van der Waals surface area contributed by atoms with Crippen LogP contribution in [0.5, 0.6) is 11.5 Å². The Morgan fingerprint density at radius 1 is 0.793 bits per heavy atom. The Hall–Kier alpha value is -3.28. The van der Waals surface area contributed by atoms with Gasteiger partial charge in [-0.25, -0.2) is 9.97 Å². The number of nitrogens with zero attached hydrogens (tertiary/aromatic N) is 2. The van der Waals surface area contributed by atoms with Gasteiger partial charge in [-0.1, -0.05) is 43.9 Å². The van der Waals surface area contributed by atoms with Crippen molar-refractivity contribution in [3.05, 3.63) is 60.9 Å². The summed E-state index contributed by atoms with van der Waals surface area (Å²) >= 11 is 0. The zero-order valence-electron chi connectivity index (χ0n) is 16.5. The first-order valence-corrected chi connectivity index (χ1v) is 10.2. The van der Waals surface area contributed by atoms with Gasteiger partial charge in [0.25, 0.3) is 0 Å². The zero-order chi connectivity index (χ0) is 19.9. The number of hydrogen-bond donors (Lipinski definition) is 3. The van der Waals surface area contributed by atoms with Crippen LogP contribution in [0, 0.1) is 0 Å². The van der Waals surface area contributed by atoms with Gasteiger partial charge in [0, 0.05) is 11.7 Å². The molecule has 0 spiro atoms. The maximum atomic E-state index is 6.34. The predicted octanol–water partition coefficient (Wildman–Crippen LogP) is 5.73. The smallest absolute Gasteiger partial charge is 0.159 e. The minimum absolute atomic E-state index is 0.428. The van der Waals surface area contributed by atoms with Gasteiger partial charge in [0.2, 0.25) is 0 Å². The van der Waals surface area contributed by atoms with Gasteiger partial charge in [0.15, 0.2) is 11.6 Å². The van der Waals surface area contributed by atoms with Crippen molar-refractivity contribution in [2.45, 2.75) is 44.6 Å². The van der Waals surface area contributed by atoms with Crippen LogP contribution in [0.2, 0.25) is 0 Å². The van der Waals surface area contributed by atoms with Crippen LogP contribution in [0.1, 0.15) is 38.5 Å². The van der Waals surface area contributed by atoms with Gasteiger partial charge >= 0.3 is 0 Å². The Balaban J connectivity index is 1.42. The summed E-state index contributed by atoms with van der Waals surface area (Å²) in [5, 5.41) is 6.80. The summed E-state index contributed by atoms with van der Waals surface area (Å²) in [6.07, 6.45) is 9.01. The van der Waals surface area contributed by atoms with E-state index in [1.54, 1.807) is 6.33 Å². The lowest BCUT2D eigenvalue weighted by atomic mass is 10.1. The number of para-hydroxylation sites is 1. The molecule has 0 saturated heterocycles. The molecule has 1 saturated carbocycles. The Bertz CT molecular complexity index is 906. The van der Waals surface area contributed by atoms with E-state index in [1.165, 1.54) is 25.7 Å². The molecule has 150 valence electrons. The summed E-state index contributed by atoms with van der Waals surface area (Å²) in [6.45, 7) is 0. The average Bonchev–Trinajstić information content (AvgIpc) is 3.02. The van der Waals surface area contributed by atoms with Gasteiger partial charge in [0.05, 0.1) is 0 Å². The van der Waals surface area contributed by atoms with E-state index >= 15 is 0 Å². The number of nitrogens with one attached hydrogen (secondary N) is 2. The van der Waals surface area contributed by atoms with E-state index in [9.17, 15) is 0 Å². The molecule has 0 amide bonds. The molecule has 1 heterocycles. The minimum atomic E-state index is 0.428. The molecule has 3 aromatic rings. The first-order valence-electron chi connectivity index (χ1n) is 10.2. The quantitative estimate of drug-likeness (QED) is 0.467. The normalized spacial score (nSPS) is 14.8. The summed E-state index contributed by atoms with van der Waals surface area (Å²) in [4.78, 5) is 8.68. The fourth-order valence-electron chi connectivity index (χ4n) is 3.59. The van der Waals surface area contributed by atoms with E-state index < -0.39 is 0 Å². The number of anilines is 4. The Morgan fingerprint density at radius 2 is 1.45 bits per heavy atom. The molecule has 4 N–H and O–H groups in total. The third-order valence-electron chi connectivity index (χ3n) is 5.18. The van der Waals surface area contributed by atoms with Gasteiger partial charge in [-0.05, 0) is 49.2 Å². The monoisotopic (exact) mass is 389 g/mol. The second-order valence-corrected chi connectivity index (χ2v) is 7.38. The highest BCUT2D eigenvalue weighted by Crippen LogP contribution is 2.29. The lowest BCUT2D eigenvalue weighted by Gasteiger charge is -2.19. The molecule has 0 atom stereocenters. The molecular formula is C23H27N5O. The van der Waals surface area contributed by atoms with Gasteiger partial charge in [-0.3, -0.25) is 0 Å². The van der Waals surface area contributed by atoms with E-state index in [0.717, 1.165) is 30.0 Å². The predicted molar refractivity (Wildman–Crippen MR) is 118 cm³/mol. The molecule has 6 heteroatoms. The summed E-state index contributed by atoms with van der Waals surface area (Å²) in [7, 11) is 0. The molecule has 0 aliphatic heterocycles. The third kappa shape index (κ3) is 5.16. The van der Waals surface area contributed by atoms with Crippen LogP contribution in [0.15, 0.2) is 60.9 Å². The summed E-state index contributed by atoms with van der Waals surface area (Å²) in [5.74, 6) is 2.89. The third-order valence-corrected chi connectivity index (χ3v) is 5.18. The van der Waals surface area contributed by atoms with E-state index in [2.05, 4.69) is 20.6 Å². The van der Waals surface area contributed by atoms with Crippen LogP contribution >= 0.6 is 0 Å². The number of aromatic nitrogens is 2. The number of hydrogen-bond acceptors (Lipinski definition) is 6. The molecule has 6 nitrogen and oxygen atoms in total. The van der Waals surface area contributed by atoms with Crippen molar-refractivity contribution in [1.82, 2.24) is 9.97 Å². The molecule has 1 aromatic heterocycles. The Labute approximate surface area is 171 Å². The summed E-state index contributed by atoms with van der Waals surface area (Å²) < 4.78 is 5.83. The molecule has 1 fully saturated rings. The van der Waals surface area contributed by atoms with Gasteiger partial charge in [-0.2, -0.15) is 0 Å². The highest BCUT2D eigenvalue weighted by molar-refractivity contribution is 5.77. The second kappa shape index (κ2) is 9.28. The van der Waals surface area contributed by atoms with Crippen molar-refractivity contribution in [3.63, 3.8) is 0 Å². The standard InChI is InChI=1S/C23H27N5O/c24-21-22(27-17-8-4-1-2-5-9-17)25-16-26-23(21)28-18-12-14-20(15-13-18)29-19-10-6-3-7-11-19/h3,6-7,10-17H,1-2,4-5,8-9,24H2,(H2,25,26,27,28). The fraction of sp³-hybridized carbons (Fsp3) is 0.304. The molecule has 1 aliphatic rings. The number of nitrogen functional groups attached to an aromatic ring is 1. The maximum Gasteiger partial charge on any atom is 0.159 e. The number of rotatable bonds is 6. The lowest BCUT2D eigenvalue weighted by molar-refractivity contribution is 0.483. The second-order valence-electron chi connectivity index (χ2n) is 7.38. The van der Waals surface area contributed by atoms with Crippen molar-refractivity contribution in [2.24, 2.45) is 0 Å². The minimum Gasteiger partial charge on any atom is -0.457 e. The van der Waals surface area contributed by atoms with Crippen molar-refractivity contribution in [3.8, 4) is 11.5 Å². The van der Waals surface area contributed by atoms with Crippen LogP contribution in [0.4, 0.5) is 23.0 Å². The molecule has 29 heavy (non-hydrogen) atoms. The first-order chi connectivity index (χ1) is 14.3. The average molecular weight is 390 g/mol. The lowest BCUT2D eigenvalue weighted by Crippen LogP contribution is -2.20. The molecule has 2 aromatic carbocycles. The fourth-order valence-corrected chi connectivity index (χ4v) is 3.59. The van der Waals surface area contributed by atoms with Gasteiger partial charge in [0.1, 0.15) is 23.5 Å². The van der Waals surface area contributed by atoms with Crippen molar-refractivity contribution < 1.29 is 4.74 Å². The molecular weight excluding hydrogens is 362 g/mol. The van der Waals surface area contributed by atoms with Crippen molar-refractivity contribution in [1.29, 1.82) is 0 Å². The van der Waals surface area contributed by atoms with Gasteiger partial charge < -0.3 is 21.1 Å². The van der Waals surface area contributed by atoms with E-state index in [4.69, 9.17) is 10.5 Å². The summed E-state index contributed by atoms with van der Waals surface area (Å²) in [6, 6.07) is 17.9. The number of nitrogens with two attached hydrogens (primary N) is 1. The largest absolute Gasteiger partial charge is 0.457 e. The van der Waals surface area contributed by atoms with Gasteiger partial charge in [-0.15, -0.1) is 0 Å². The van der Waals surface area contributed by atoms with E-state index in [0.29, 0.717) is 23.4 Å². The topological polar surface area (TPSA) is 85.1 Å². The van der Waals surface area contributed by atoms with Crippen LogP contribution in [-0.2, 0) is 0 Å². The van der Waals surface area contributed by atoms with E-state index in [1.807, 2.05) is 54.6 Å². The number of ether oxygens (including phenoxy) is 1. The SMILES string of the molecule is Nc1c(Nc2ccc(Oc3ccccc3)cc2)ncnc1NC1CCCCCC1. The molecule has 0 unspecified atom stereocenters. The van der Waals surface area contributed by atoms with Crippen LogP contribution in [-0.4, -0.2) is 16.0 Å². The molecule has 4 rings (SSSR count). The zero-order valence-corrected chi connectivity index (χ0v) is 16.5.